The van der Waals surface area contributed by atoms with E-state index in [1.165, 1.54) is 43.4 Å². The third kappa shape index (κ3) is 6.60. The summed E-state index contributed by atoms with van der Waals surface area (Å²) in [4.78, 5) is 13.5. The highest BCUT2D eigenvalue weighted by Gasteiger charge is 2.18. The molecule has 1 aliphatic rings. The van der Waals surface area contributed by atoms with Gasteiger partial charge in [0.1, 0.15) is 6.10 Å². The zero-order chi connectivity index (χ0) is 18.1. The van der Waals surface area contributed by atoms with E-state index in [4.69, 9.17) is 10.5 Å². The van der Waals surface area contributed by atoms with Gasteiger partial charge in [-0.3, -0.25) is 0 Å². The van der Waals surface area contributed by atoms with Gasteiger partial charge in [-0.05, 0) is 49.8 Å². The number of nitrogens with zero attached hydrogens (tertiary/aromatic N) is 1. The van der Waals surface area contributed by atoms with Crippen LogP contribution in [0.5, 0.6) is 0 Å². The van der Waals surface area contributed by atoms with Crippen molar-refractivity contribution in [2.24, 2.45) is 5.73 Å². The van der Waals surface area contributed by atoms with Crippen LogP contribution in [0.4, 0.5) is 10.5 Å². The lowest BCUT2D eigenvalue weighted by Crippen LogP contribution is -2.33. The molecular formula is C21H34N2O2. The summed E-state index contributed by atoms with van der Waals surface area (Å²) in [5, 5.41) is 0. The summed E-state index contributed by atoms with van der Waals surface area (Å²) in [6.45, 7) is 2.14. The second-order valence-electron chi connectivity index (χ2n) is 7.31. The molecule has 0 radical (unpaired) electrons. The molecule has 0 aromatic heterocycles. The van der Waals surface area contributed by atoms with Gasteiger partial charge in [0.15, 0.2) is 0 Å². The van der Waals surface area contributed by atoms with Crippen LogP contribution >= 0.6 is 0 Å². The maximum atomic E-state index is 11.1. The van der Waals surface area contributed by atoms with Crippen LogP contribution in [0.1, 0.15) is 70.3 Å². The number of primary amides is 1. The Hall–Kier alpha value is -1.71. The van der Waals surface area contributed by atoms with Crippen LogP contribution in [-0.4, -0.2) is 25.3 Å². The third-order valence-corrected chi connectivity index (χ3v) is 5.36. The number of hydrogen-bond acceptors (Lipinski definition) is 3. The molecular weight excluding hydrogens is 312 g/mol. The van der Waals surface area contributed by atoms with Crippen molar-refractivity contribution in [2.45, 2.75) is 83.3 Å². The van der Waals surface area contributed by atoms with Crippen LogP contribution in [0.2, 0.25) is 0 Å². The topological polar surface area (TPSA) is 55.6 Å². The minimum Gasteiger partial charge on any atom is -0.446 e. The normalized spacial score (nSPS) is 16.4. The molecule has 0 spiro atoms. The summed E-state index contributed by atoms with van der Waals surface area (Å²) in [6.07, 6.45) is 10.7. The van der Waals surface area contributed by atoms with Crippen molar-refractivity contribution < 1.29 is 9.53 Å². The Bertz CT molecular complexity index is 526. The standard InChI is InChI=1S/C21H34N2O2/c1-3-4-13-20(25-21(22)24)15-14-17-9-8-12-19(16-17)23(2)18-10-6-5-7-11-18/h8-9,12,16,18,20H,3-7,10-11,13-15H2,1-2H3,(H2,22,24). The average Bonchev–Trinajstić information content (AvgIpc) is 2.64. The average molecular weight is 347 g/mol. The van der Waals surface area contributed by atoms with Gasteiger partial charge in [-0.1, -0.05) is 51.2 Å². The van der Waals surface area contributed by atoms with Gasteiger partial charge in [0.05, 0.1) is 0 Å². The van der Waals surface area contributed by atoms with Gasteiger partial charge in [-0.2, -0.15) is 0 Å². The van der Waals surface area contributed by atoms with Crippen LogP contribution in [0, 0.1) is 0 Å². The minimum absolute atomic E-state index is 0.0721. The molecule has 140 valence electrons. The highest BCUT2D eigenvalue weighted by Crippen LogP contribution is 2.27. The lowest BCUT2D eigenvalue weighted by molar-refractivity contribution is 0.0945. The maximum absolute atomic E-state index is 11.1. The quantitative estimate of drug-likeness (QED) is 0.681. The number of carbonyl (C=O) groups excluding carboxylic acids is 1. The Labute approximate surface area is 152 Å². The van der Waals surface area contributed by atoms with Crippen LogP contribution in [0.15, 0.2) is 24.3 Å². The summed E-state index contributed by atoms with van der Waals surface area (Å²) in [5.41, 5.74) is 7.81. The van der Waals surface area contributed by atoms with Gasteiger partial charge >= 0.3 is 6.09 Å². The number of anilines is 1. The third-order valence-electron chi connectivity index (χ3n) is 5.36. The number of nitrogens with two attached hydrogens (primary N) is 1. The number of aryl methyl sites for hydroxylation is 1. The van der Waals surface area contributed by atoms with Crippen LogP contribution in [0.25, 0.3) is 0 Å². The lowest BCUT2D eigenvalue weighted by atomic mass is 9.94. The zero-order valence-corrected chi connectivity index (χ0v) is 15.9. The van der Waals surface area contributed by atoms with E-state index in [9.17, 15) is 4.79 Å². The highest BCUT2D eigenvalue weighted by molar-refractivity contribution is 5.64. The first kappa shape index (κ1) is 19.6. The van der Waals surface area contributed by atoms with Gasteiger partial charge in [-0.25, -0.2) is 4.79 Å². The van der Waals surface area contributed by atoms with Crippen molar-refractivity contribution in [1.82, 2.24) is 0 Å². The second kappa shape index (κ2) is 10.3. The minimum atomic E-state index is -0.660. The zero-order valence-electron chi connectivity index (χ0n) is 15.9. The molecule has 0 aliphatic heterocycles. The molecule has 4 nitrogen and oxygen atoms in total. The number of rotatable bonds is 9. The van der Waals surface area contributed by atoms with Gasteiger partial charge < -0.3 is 15.4 Å². The Morgan fingerprint density at radius 1 is 1.28 bits per heavy atom. The largest absolute Gasteiger partial charge is 0.446 e. The van der Waals surface area contributed by atoms with Gasteiger partial charge in [0, 0.05) is 18.8 Å². The van der Waals surface area contributed by atoms with E-state index < -0.39 is 6.09 Å². The Morgan fingerprint density at radius 3 is 2.72 bits per heavy atom. The molecule has 1 aromatic carbocycles. The first-order valence-electron chi connectivity index (χ1n) is 9.88. The fraction of sp³-hybridized carbons (Fsp3) is 0.667. The Morgan fingerprint density at radius 2 is 2.04 bits per heavy atom. The molecule has 1 saturated carbocycles. The van der Waals surface area contributed by atoms with E-state index in [1.807, 2.05) is 0 Å². The molecule has 2 N–H and O–H groups in total. The first-order chi connectivity index (χ1) is 12.1. The Kier molecular flexibility index (Phi) is 8.10. The molecule has 1 aliphatic carbocycles. The number of unbranched alkanes of at least 4 members (excludes halogenated alkanes) is 1. The number of hydrogen-bond donors (Lipinski definition) is 1. The molecule has 1 unspecified atom stereocenters. The molecule has 4 heteroatoms. The number of ether oxygens (including phenoxy) is 1. The fourth-order valence-corrected chi connectivity index (χ4v) is 3.80. The smallest absolute Gasteiger partial charge is 0.404 e. The van der Waals surface area contributed by atoms with Crippen molar-refractivity contribution in [3.8, 4) is 0 Å². The monoisotopic (exact) mass is 346 g/mol. The van der Waals surface area contributed by atoms with Gasteiger partial charge in [-0.15, -0.1) is 0 Å². The summed E-state index contributed by atoms with van der Waals surface area (Å²) < 4.78 is 5.28. The van der Waals surface area contributed by atoms with Crippen molar-refractivity contribution in [2.75, 3.05) is 11.9 Å². The van der Waals surface area contributed by atoms with Crippen molar-refractivity contribution in [1.29, 1.82) is 0 Å². The summed E-state index contributed by atoms with van der Waals surface area (Å²) in [6, 6.07) is 9.46. The fourth-order valence-electron chi connectivity index (χ4n) is 3.80. The molecule has 1 fully saturated rings. The van der Waals surface area contributed by atoms with Crippen LogP contribution in [0.3, 0.4) is 0 Å². The van der Waals surface area contributed by atoms with E-state index in [0.717, 1.165) is 32.1 Å². The molecule has 0 bridgehead atoms. The van der Waals surface area contributed by atoms with Gasteiger partial charge in [0.25, 0.3) is 0 Å². The van der Waals surface area contributed by atoms with E-state index in [0.29, 0.717) is 6.04 Å². The van der Waals surface area contributed by atoms with E-state index in [1.54, 1.807) is 0 Å². The molecule has 1 amide bonds. The predicted octanol–water partition coefficient (Wildman–Crippen LogP) is 5.04. The summed E-state index contributed by atoms with van der Waals surface area (Å²) >= 11 is 0. The van der Waals surface area contributed by atoms with Crippen molar-refractivity contribution in [3.05, 3.63) is 29.8 Å². The molecule has 0 heterocycles. The number of amides is 1. The van der Waals surface area contributed by atoms with E-state index >= 15 is 0 Å². The SMILES string of the molecule is CCCCC(CCc1cccc(N(C)C2CCCCC2)c1)OC(N)=O. The molecule has 2 rings (SSSR count). The lowest BCUT2D eigenvalue weighted by Gasteiger charge is -2.33. The number of benzene rings is 1. The van der Waals surface area contributed by atoms with E-state index in [2.05, 4.69) is 43.1 Å². The van der Waals surface area contributed by atoms with Crippen molar-refractivity contribution >= 4 is 11.8 Å². The summed E-state index contributed by atoms with van der Waals surface area (Å²) in [7, 11) is 2.22. The van der Waals surface area contributed by atoms with Crippen LogP contribution in [-0.2, 0) is 11.2 Å². The molecule has 1 aromatic rings. The van der Waals surface area contributed by atoms with Crippen molar-refractivity contribution in [3.63, 3.8) is 0 Å². The first-order valence-corrected chi connectivity index (χ1v) is 9.88. The van der Waals surface area contributed by atoms with Gasteiger partial charge in [0.2, 0.25) is 0 Å². The molecule has 0 saturated heterocycles. The van der Waals surface area contributed by atoms with E-state index in [-0.39, 0.29) is 6.10 Å². The Balaban J connectivity index is 1.93. The number of carbonyl (C=O) groups is 1. The van der Waals surface area contributed by atoms with Crippen LogP contribution < -0.4 is 10.6 Å². The molecule has 25 heavy (non-hydrogen) atoms. The second-order valence-corrected chi connectivity index (χ2v) is 7.31. The highest BCUT2D eigenvalue weighted by atomic mass is 16.6. The molecule has 1 atom stereocenters. The maximum Gasteiger partial charge on any atom is 0.404 e. The predicted molar refractivity (Wildman–Crippen MR) is 104 cm³/mol. The summed E-state index contributed by atoms with van der Waals surface area (Å²) in [5.74, 6) is 0.